The number of aromatic amines is 1. The smallest absolute Gasteiger partial charge is 0.163 e. The van der Waals surface area contributed by atoms with Crippen LogP contribution in [0.25, 0.3) is 5.57 Å². The summed E-state index contributed by atoms with van der Waals surface area (Å²) in [5.74, 6) is -0.565. The number of hydrogen-bond acceptors (Lipinski definition) is 7. The Labute approximate surface area is 195 Å². The Morgan fingerprint density at radius 2 is 2.06 bits per heavy atom. The van der Waals surface area contributed by atoms with Gasteiger partial charge in [-0.2, -0.15) is 0 Å². The minimum Gasteiger partial charge on any atom is -0.395 e. The van der Waals surface area contributed by atoms with Gasteiger partial charge in [0.15, 0.2) is 12.0 Å². The van der Waals surface area contributed by atoms with Crippen molar-refractivity contribution in [2.45, 2.75) is 38.6 Å². The molecule has 1 aromatic carbocycles. The molecule has 0 aliphatic carbocycles. The Morgan fingerprint density at radius 3 is 2.76 bits per heavy atom. The zero-order chi connectivity index (χ0) is 23.3. The van der Waals surface area contributed by atoms with E-state index >= 15 is 0 Å². The van der Waals surface area contributed by atoms with Gasteiger partial charge in [-0.15, -0.1) is 0 Å². The summed E-state index contributed by atoms with van der Waals surface area (Å²) in [7, 11) is 1.71. The lowest BCUT2D eigenvalue weighted by Crippen LogP contribution is -2.39. The van der Waals surface area contributed by atoms with E-state index in [2.05, 4.69) is 33.1 Å². The highest BCUT2D eigenvalue weighted by Gasteiger charge is 2.34. The molecule has 2 aliphatic rings. The summed E-state index contributed by atoms with van der Waals surface area (Å²) in [6.45, 7) is 7.28. The van der Waals surface area contributed by atoms with Gasteiger partial charge in [0.05, 0.1) is 31.6 Å². The van der Waals surface area contributed by atoms with Crippen LogP contribution in [-0.4, -0.2) is 78.5 Å². The lowest BCUT2D eigenvalue weighted by Gasteiger charge is -2.35. The first-order chi connectivity index (χ1) is 16.0. The molecular formula is C25H35N3O5. The SMILES string of the molecule is COC1c2cc[nH]c2C(CN(CCO)CC2COC(C)(C)O2)=CN1COCc1ccccc1. The van der Waals surface area contributed by atoms with Crippen LogP contribution in [0.4, 0.5) is 0 Å². The molecule has 8 heteroatoms. The molecular weight excluding hydrogens is 422 g/mol. The molecule has 0 saturated carbocycles. The van der Waals surface area contributed by atoms with Crippen LogP contribution >= 0.6 is 0 Å². The van der Waals surface area contributed by atoms with Gasteiger partial charge in [-0.3, -0.25) is 4.90 Å². The van der Waals surface area contributed by atoms with Crippen LogP contribution in [0, 0.1) is 0 Å². The molecule has 33 heavy (non-hydrogen) atoms. The number of rotatable bonds is 11. The molecule has 2 aromatic rings. The first kappa shape index (κ1) is 23.9. The predicted octanol–water partition coefficient (Wildman–Crippen LogP) is 2.94. The van der Waals surface area contributed by atoms with E-state index in [9.17, 15) is 5.11 Å². The summed E-state index contributed by atoms with van der Waals surface area (Å²) in [5, 5.41) is 9.66. The minimum atomic E-state index is -0.565. The van der Waals surface area contributed by atoms with Crippen molar-refractivity contribution >= 4 is 5.57 Å². The maximum Gasteiger partial charge on any atom is 0.163 e. The van der Waals surface area contributed by atoms with E-state index in [1.165, 1.54) is 0 Å². The number of hydrogen-bond donors (Lipinski definition) is 2. The summed E-state index contributed by atoms with van der Waals surface area (Å²) < 4.78 is 23.5. The topological polar surface area (TPSA) is 79.4 Å². The lowest BCUT2D eigenvalue weighted by molar-refractivity contribution is -0.140. The van der Waals surface area contributed by atoms with Gasteiger partial charge in [-0.05, 0) is 25.5 Å². The standard InChI is InChI=1S/C25H35N3O5/c1-25(2)32-17-21(33-25)15-27(11-12-29)13-20-14-28(18-31-16-19-7-5-4-6-8-19)24(30-3)22-9-10-26-23(20)22/h4-10,14,21,24,26,29H,11-13,15-18H2,1-3H3. The van der Waals surface area contributed by atoms with Gasteiger partial charge < -0.3 is 33.9 Å². The van der Waals surface area contributed by atoms with Gasteiger partial charge in [0, 0.05) is 50.3 Å². The number of ether oxygens (including phenoxy) is 4. The summed E-state index contributed by atoms with van der Waals surface area (Å²) in [4.78, 5) is 7.64. The van der Waals surface area contributed by atoms with E-state index in [0.717, 1.165) is 22.4 Å². The number of aromatic nitrogens is 1. The van der Waals surface area contributed by atoms with Crippen molar-refractivity contribution in [3.05, 3.63) is 65.6 Å². The number of aliphatic hydroxyl groups is 1. The molecule has 0 amide bonds. The maximum absolute atomic E-state index is 9.66. The van der Waals surface area contributed by atoms with E-state index < -0.39 is 5.79 Å². The number of H-pyrrole nitrogens is 1. The quantitative estimate of drug-likeness (QED) is 0.537. The largest absolute Gasteiger partial charge is 0.395 e. The molecule has 1 fully saturated rings. The Kier molecular flexibility index (Phi) is 7.85. The summed E-state index contributed by atoms with van der Waals surface area (Å²) in [5.41, 5.74) is 4.36. The van der Waals surface area contributed by atoms with E-state index in [4.69, 9.17) is 18.9 Å². The maximum atomic E-state index is 9.66. The van der Waals surface area contributed by atoms with Crippen molar-refractivity contribution in [2.24, 2.45) is 0 Å². The van der Waals surface area contributed by atoms with Crippen LogP contribution in [0.15, 0.2) is 48.8 Å². The average molecular weight is 458 g/mol. The van der Waals surface area contributed by atoms with Gasteiger partial charge in [0.25, 0.3) is 0 Å². The zero-order valence-electron chi connectivity index (χ0n) is 19.7. The molecule has 1 aromatic heterocycles. The molecule has 180 valence electrons. The molecule has 0 radical (unpaired) electrons. The second-order valence-electron chi connectivity index (χ2n) is 8.94. The average Bonchev–Trinajstić information content (AvgIpc) is 3.41. The van der Waals surface area contributed by atoms with Crippen molar-refractivity contribution in [1.29, 1.82) is 0 Å². The molecule has 0 bridgehead atoms. The number of nitrogens with zero attached hydrogens (tertiary/aromatic N) is 2. The summed E-state index contributed by atoms with van der Waals surface area (Å²) in [6, 6.07) is 12.2. The van der Waals surface area contributed by atoms with Crippen molar-refractivity contribution in [1.82, 2.24) is 14.8 Å². The second-order valence-corrected chi connectivity index (χ2v) is 8.94. The second kappa shape index (κ2) is 10.8. The molecule has 8 nitrogen and oxygen atoms in total. The van der Waals surface area contributed by atoms with Crippen LogP contribution < -0.4 is 0 Å². The third kappa shape index (κ3) is 6.03. The van der Waals surface area contributed by atoms with E-state index in [-0.39, 0.29) is 18.9 Å². The zero-order valence-corrected chi connectivity index (χ0v) is 19.7. The van der Waals surface area contributed by atoms with Crippen molar-refractivity contribution in [3.8, 4) is 0 Å². The van der Waals surface area contributed by atoms with Crippen molar-refractivity contribution < 1.29 is 24.1 Å². The predicted molar refractivity (Wildman–Crippen MR) is 125 cm³/mol. The fraction of sp³-hybridized carbons (Fsp3) is 0.520. The summed E-state index contributed by atoms with van der Waals surface area (Å²) in [6.07, 6.45) is 3.77. The molecule has 2 aliphatic heterocycles. The molecule has 4 rings (SSSR count). The van der Waals surface area contributed by atoms with Gasteiger partial charge in [0.1, 0.15) is 6.73 Å². The summed E-state index contributed by atoms with van der Waals surface area (Å²) >= 11 is 0. The van der Waals surface area contributed by atoms with Gasteiger partial charge in [-0.25, -0.2) is 0 Å². The number of nitrogens with one attached hydrogen (secondary N) is 1. The van der Waals surface area contributed by atoms with Crippen molar-refractivity contribution in [3.63, 3.8) is 0 Å². The fourth-order valence-corrected chi connectivity index (χ4v) is 4.46. The third-order valence-electron chi connectivity index (χ3n) is 5.90. The van der Waals surface area contributed by atoms with Gasteiger partial charge >= 0.3 is 0 Å². The highest BCUT2D eigenvalue weighted by Crippen LogP contribution is 2.35. The molecule has 2 N–H and O–H groups in total. The molecule has 1 saturated heterocycles. The number of aliphatic hydroxyl groups excluding tert-OH is 1. The van der Waals surface area contributed by atoms with Crippen LogP contribution in [0.1, 0.15) is 36.9 Å². The Morgan fingerprint density at radius 1 is 1.24 bits per heavy atom. The van der Waals surface area contributed by atoms with Crippen LogP contribution in [0.2, 0.25) is 0 Å². The highest BCUT2D eigenvalue weighted by atomic mass is 16.7. The third-order valence-corrected chi connectivity index (χ3v) is 5.90. The van der Waals surface area contributed by atoms with Crippen LogP contribution in [0.5, 0.6) is 0 Å². The molecule has 0 spiro atoms. The van der Waals surface area contributed by atoms with E-state index in [1.807, 2.05) is 44.3 Å². The molecule has 3 heterocycles. The van der Waals surface area contributed by atoms with Gasteiger partial charge in [-0.1, -0.05) is 30.3 Å². The monoisotopic (exact) mass is 457 g/mol. The normalized spacial score (nSPS) is 22.0. The van der Waals surface area contributed by atoms with Crippen LogP contribution in [-0.2, 0) is 25.6 Å². The minimum absolute atomic E-state index is 0.0316. The van der Waals surface area contributed by atoms with Gasteiger partial charge in [0.2, 0.25) is 0 Å². The number of benzene rings is 1. The molecule has 2 unspecified atom stereocenters. The fourth-order valence-electron chi connectivity index (χ4n) is 4.46. The Hall–Kier alpha value is -2.20. The highest BCUT2D eigenvalue weighted by molar-refractivity contribution is 5.69. The first-order valence-corrected chi connectivity index (χ1v) is 11.4. The van der Waals surface area contributed by atoms with Crippen molar-refractivity contribution in [2.75, 3.05) is 46.7 Å². The number of methoxy groups -OCH3 is 1. The van der Waals surface area contributed by atoms with E-state index in [0.29, 0.717) is 39.6 Å². The Bertz CT molecular complexity index is 914. The molecule has 2 atom stereocenters. The first-order valence-electron chi connectivity index (χ1n) is 11.4. The van der Waals surface area contributed by atoms with Crippen LogP contribution in [0.3, 0.4) is 0 Å². The Balaban J connectivity index is 1.46. The lowest BCUT2D eigenvalue weighted by atomic mass is 10.0. The number of fused-ring (bicyclic) bond motifs is 1. The van der Waals surface area contributed by atoms with E-state index in [1.54, 1.807) is 7.11 Å².